The third kappa shape index (κ3) is 2.46. The minimum absolute atomic E-state index is 0.0208. The number of hydrogen-bond acceptors (Lipinski definition) is 3. The van der Waals surface area contributed by atoms with Crippen molar-refractivity contribution in [1.29, 1.82) is 0 Å². The smallest absolute Gasteiger partial charge is 0.326 e. The van der Waals surface area contributed by atoms with Crippen LogP contribution in [0, 0.1) is 5.92 Å². The van der Waals surface area contributed by atoms with Crippen LogP contribution in [-0.2, 0) is 9.59 Å². The third-order valence-electron chi connectivity index (χ3n) is 5.88. The highest BCUT2D eigenvalue weighted by Gasteiger charge is 2.49. The first-order valence-corrected chi connectivity index (χ1v) is 8.93. The summed E-state index contributed by atoms with van der Waals surface area (Å²) in [7, 11) is 0. The van der Waals surface area contributed by atoms with Crippen LogP contribution in [0.2, 0.25) is 0 Å². The molecule has 1 aromatic carbocycles. The van der Waals surface area contributed by atoms with Crippen LogP contribution in [0.5, 0.6) is 5.75 Å². The summed E-state index contributed by atoms with van der Waals surface area (Å²) >= 11 is 0. The molecule has 1 aromatic rings. The Hall–Kier alpha value is -2.04. The van der Waals surface area contributed by atoms with Gasteiger partial charge in [-0.25, -0.2) is 4.79 Å². The first-order valence-electron chi connectivity index (χ1n) is 8.93. The highest BCUT2D eigenvalue weighted by molar-refractivity contribution is 5.90. The van der Waals surface area contributed by atoms with Gasteiger partial charge in [0.1, 0.15) is 11.8 Å². The second-order valence-corrected chi connectivity index (χ2v) is 7.17. The average molecular weight is 329 g/mol. The molecule has 128 valence electrons. The SMILES string of the molecule is O=C(O)C1CC2CCCCC2N1C(=O)C1CCOc2ccccc21. The summed E-state index contributed by atoms with van der Waals surface area (Å²) in [6.45, 7) is 0.507. The number of rotatable bonds is 2. The van der Waals surface area contributed by atoms with E-state index in [9.17, 15) is 14.7 Å². The van der Waals surface area contributed by atoms with Crippen LogP contribution >= 0.6 is 0 Å². The molecule has 4 rings (SSSR count). The van der Waals surface area contributed by atoms with Crippen LogP contribution in [0.3, 0.4) is 0 Å². The van der Waals surface area contributed by atoms with Gasteiger partial charge in [0.25, 0.3) is 0 Å². The van der Waals surface area contributed by atoms with Gasteiger partial charge in [0.05, 0.1) is 12.5 Å². The maximum absolute atomic E-state index is 13.3. The zero-order valence-corrected chi connectivity index (χ0v) is 13.7. The second kappa shape index (κ2) is 6.11. The Morgan fingerprint density at radius 2 is 1.92 bits per heavy atom. The second-order valence-electron chi connectivity index (χ2n) is 7.17. The molecule has 2 heterocycles. The molecule has 4 atom stereocenters. The van der Waals surface area contributed by atoms with Crippen molar-refractivity contribution in [2.24, 2.45) is 5.92 Å². The monoisotopic (exact) mass is 329 g/mol. The number of carboxylic acids is 1. The number of hydrogen-bond donors (Lipinski definition) is 1. The van der Waals surface area contributed by atoms with Gasteiger partial charge in [-0.1, -0.05) is 31.0 Å². The Morgan fingerprint density at radius 3 is 2.75 bits per heavy atom. The Morgan fingerprint density at radius 1 is 1.12 bits per heavy atom. The molecule has 5 nitrogen and oxygen atoms in total. The van der Waals surface area contributed by atoms with Gasteiger partial charge in [0, 0.05) is 11.6 Å². The number of amides is 1. The molecule has 1 saturated heterocycles. The van der Waals surface area contributed by atoms with E-state index in [4.69, 9.17) is 4.74 Å². The van der Waals surface area contributed by atoms with Crippen LogP contribution in [0.15, 0.2) is 24.3 Å². The highest BCUT2D eigenvalue weighted by Crippen LogP contribution is 2.43. The van der Waals surface area contributed by atoms with E-state index < -0.39 is 12.0 Å². The summed E-state index contributed by atoms with van der Waals surface area (Å²) in [5.41, 5.74) is 0.900. The summed E-state index contributed by atoms with van der Waals surface area (Å²) in [6, 6.07) is 7.06. The number of para-hydroxylation sites is 1. The lowest BCUT2D eigenvalue weighted by atomic mass is 9.84. The number of likely N-dealkylation sites (tertiary alicyclic amines) is 1. The fourth-order valence-electron chi connectivity index (χ4n) is 4.78. The van der Waals surface area contributed by atoms with Crippen LogP contribution in [0.4, 0.5) is 0 Å². The normalized spacial score (nSPS) is 31.8. The predicted molar refractivity (Wildman–Crippen MR) is 87.9 cm³/mol. The van der Waals surface area contributed by atoms with Crippen LogP contribution in [0.1, 0.15) is 50.0 Å². The molecule has 0 radical (unpaired) electrons. The Kier molecular flexibility index (Phi) is 3.94. The number of benzene rings is 1. The molecule has 5 heteroatoms. The maximum Gasteiger partial charge on any atom is 0.326 e. The summed E-state index contributed by atoms with van der Waals surface area (Å²) in [5, 5.41) is 9.65. The van der Waals surface area contributed by atoms with Crippen molar-refractivity contribution in [3.8, 4) is 5.75 Å². The summed E-state index contributed by atoms with van der Waals surface area (Å²) < 4.78 is 5.66. The first kappa shape index (κ1) is 15.5. The number of aliphatic carboxylic acids is 1. The summed E-state index contributed by atoms with van der Waals surface area (Å²) in [6.07, 6.45) is 5.44. The number of carboxylic acid groups (broad SMARTS) is 1. The molecule has 1 amide bonds. The molecule has 2 fully saturated rings. The van der Waals surface area contributed by atoms with E-state index in [0.29, 0.717) is 25.4 Å². The van der Waals surface area contributed by atoms with Gasteiger partial charge < -0.3 is 14.7 Å². The number of nitrogens with zero attached hydrogens (tertiary/aromatic N) is 1. The van der Waals surface area contributed by atoms with Crippen LogP contribution in [-0.4, -0.2) is 40.6 Å². The van der Waals surface area contributed by atoms with Gasteiger partial charge in [-0.05, 0) is 37.7 Å². The summed E-state index contributed by atoms with van der Waals surface area (Å²) in [4.78, 5) is 26.8. The Balaban J connectivity index is 1.66. The fourth-order valence-corrected chi connectivity index (χ4v) is 4.78. The topological polar surface area (TPSA) is 66.8 Å². The number of fused-ring (bicyclic) bond motifs is 2. The molecule has 4 unspecified atom stereocenters. The van der Waals surface area contributed by atoms with Crippen molar-refractivity contribution in [2.75, 3.05) is 6.61 Å². The molecule has 1 saturated carbocycles. The lowest BCUT2D eigenvalue weighted by Crippen LogP contribution is -2.48. The highest BCUT2D eigenvalue weighted by atomic mass is 16.5. The third-order valence-corrected chi connectivity index (χ3v) is 5.88. The minimum atomic E-state index is -0.863. The zero-order valence-electron chi connectivity index (χ0n) is 13.7. The van der Waals surface area contributed by atoms with Crippen molar-refractivity contribution >= 4 is 11.9 Å². The lowest BCUT2D eigenvalue weighted by Gasteiger charge is -2.36. The number of carbonyl (C=O) groups is 2. The molecular formula is C19H23NO4. The molecule has 1 aliphatic carbocycles. The number of carbonyl (C=O) groups excluding carboxylic acids is 1. The molecule has 0 spiro atoms. The van der Waals surface area contributed by atoms with Gasteiger partial charge in [-0.2, -0.15) is 0 Å². The predicted octanol–water partition coefficient (Wildman–Crippen LogP) is 2.80. The Labute approximate surface area is 141 Å². The van der Waals surface area contributed by atoms with E-state index >= 15 is 0 Å². The van der Waals surface area contributed by atoms with Gasteiger partial charge >= 0.3 is 5.97 Å². The van der Waals surface area contributed by atoms with Gasteiger partial charge in [0.2, 0.25) is 5.91 Å². The van der Waals surface area contributed by atoms with E-state index in [1.807, 2.05) is 24.3 Å². The molecule has 0 aromatic heterocycles. The van der Waals surface area contributed by atoms with Crippen molar-refractivity contribution in [1.82, 2.24) is 4.90 Å². The molecule has 1 N–H and O–H groups in total. The van der Waals surface area contributed by atoms with E-state index in [1.54, 1.807) is 4.90 Å². The van der Waals surface area contributed by atoms with Crippen molar-refractivity contribution in [3.63, 3.8) is 0 Å². The van der Waals surface area contributed by atoms with Crippen molar-refractivity contribution < 1.29 is 19.4 Å². The van der Waals surface area contributed by atoms with Crippen molar-refractivity contribution in [2.45, 2.75) is 56.5 Å². The van der Waals surface area contributed by atoms with Crippen LogP contribution in [0.25, 0.3) is 0 Å². The maximum atomic E-state index is 13.3. The quantitative estimate of drug-likeness (QED) is 0.906. The van der Waals surface area contributed by atoms with Gasteiger partial charge in [-0.15, -0.1) is 0 Å². The van der Waals surface area contributed by atoms with Crippen LogP contribution < -0.4 is 4.74 Å². The van der Waals surface area contributed by atoms with E-state index in [1.165, 1.54) is 0 Å². The molecule has 2 aliphatic heterocycles. The van der Waals surface area contributed by atoms with Crippen molar-refractivity contribution in [3.05, 3.63) is 29.8 Å². The van der Waals surface area contributed by atoms with E-state index in [0.717, 1.165) is 37.0 Å². The molecular weight excluding hydrogens is 306 g/mol. The molecule has 24 heavy (non-hydrogen) atoms. The zero-order chi connectivity index (χ0) is 16.7. The lowest BCUT2D eigenvalue weighted by molar-refractivity contribution is -0.150. The van der Waals surface area contributed by atoms with Gasteiger partial charge in [-0.3, -0.25) is 4.79 Å². The average Bonchev–Trinajstić information content (AvgIpc) is 3.00. The number of ether oxygens (including phenoxy) is 1. The van der Waals surface area contributed by atoms with Gasteiger partial charge in [0.15, 0.2) is 0 Å². The largest absolute Gasteiger partial charge is 0.493 e. The summed E-state index contributed by atoms with van der Waals surface area (Å²) in [5.74, 6) is -0.0598. The fraction of sp³-hybridized carbons (Fsp3) is 0.579. The standard InChI is InChI=1S/C19H23NO4/c21-18(14-9-10-24-17-8-4-2-6-13(14)17)20-15-7-3-1-5-12(15)11-16(20)19(22)23/h2,4,6,8,12,14-16H,1,3,5,7,9-11H2,(H,22,23). The van der Waals surface area contributed by atoms with E-state index in [-0.39, 0.29) is 17.9 Å². The first-order chi connectivity index (χ1) is 11.7. The van der Waals surface area contributed by atoms with E-state index in [2.05, 4.69) is 0 Å². The molecule has 0 bridgehead atoms. The minimum Gasteiger partial charge on any atom is -0.493 e. The molecule has 3 aliphatic rings. The Bertz CT molecular complexity index is 659.